The SMILES string of the molecule is N=C(N)c1ccc(OC2CCCCCC2)nc1. The van der Waals surface area contributed by atoms with Crippen molar-refractivity contribution >= 4 is 5.84 Å². The number of amidine groups is 1. The number of nitrogens with zero attached hydrogens (tertiary/aromatic N) is 1. The second-order valence-corrected chi connectivity index (χ2v) is 4.53. The van der Waals surface area contributed by atoms with Gasteiger partial charge in [0, 0.05) is 17.8 Å². The lowest BCUT2D eigenvalue weighted by Gasteiger charge is -2.15. The van der Waals surface area contributed by atoms with Gasteiger partial charge in [-0.1, -0.05) is 12.8 Å². The summed E-state index contributed by atoms with van der Waals surface area (Å²) in [6.07, 6.45) is 9.26. The Kier molecular flexibility index (Phi) is 3.96. The van der Waals surface area contributed by atoms with E-state index < -0.39 is 0 Å². The normalized spacial score (nSPS) is 17.4. The van der Waals surface area contributed by atoms with E-state index in [9.17, 15) is 0 Å². The van der Waals surface area contributed by atoms with Gasteiger partial charge in [0.05, 0.1) is 0 Å². The molecule has 1 heterocycles. The summed E-state index contributed by atoms with van der Waals surface area (Å²) in [6, 6.07) is 3.57. The van der Waals surface area contributed by atoms with E-state index in [4.69, 9.17) is 15.9 Å². The molecule has 3 N–H and O–H groups in total. The lowest BCUT2D eigenvalue weighted by atomic mass is 10.1. The first-order valence-electron chi connectivity index (χ1n) is 6.23. The first-order valence-corrected chi connectivity index (χ1v) is 6.23. The Balaban J connectivity index is 1.95. The van der Waals surface area contributed by atoms with Gasteiger partial charge in [0.25, 0.3) is 0 Å². The molecule has 4 heteroatoms. The minimum atomic E-state index is 0.0403. The summed E-state index contributed by atoms with van der Waals surface area (Å²) in [5.74, 6) is 0.681. The summed E-state index contributed by atoms with van der Waals surface area (Å²) < 4.78 is 5.85. The van der Waals surface area contributed by atoms with Crippen LogP contribution in [0.5, 0.6) is 5.88 Å². The van der Waals surface area contributed by atoms with Crippen LogP contribution in [0.2, 0.25) is 0 Å². The molecule has 1 aliphatic carbocycles. The molecule has 0 bridgehead atoms. The van der Waals surface area contributed by atoms with Gasteiger partial charge in [-0.05, 0) is 31.7 Å². The number of pyridine rings is 1. The predicted molar refractivity (Wildman–Crippen MR) is 67.4 cm³/mol. The van der Waals surface area contributed by atoms with Gasteiger partial charge in [-0.3, -0.25) is 5.41 Å². The second kappa shape index (κ2) is 5.66. The molecule has 1 aromatic heterocycles. The zero-order chi connectivity index (χ0) is 12.1. The van der Waals surface area contributed by atoms with Crippen molar-refractivity contribution in [1.29, 1.82) is 5.41 Å². The molecule has 1 saturated carbocycles. The van der Waals surface area contributed by atoms with Crippen LogP contribution in [0.25, 0.3) is 0 Å². The molecule has 0 amide bonds. The number of ether oxygens (including phenoxy) is 1. The summed E-state index contributed by atoms with van der Waals surface area (Å²) in [5, 5.41) is 7.28. The molecule has 92 valence electrons. The van der Waals surface area contributed by atoms with Gasteiger partial charge in [-0.15, -0.1) is 0 Å². The number of hydrogen-bond acceptors (Lipinski definition) is 3. The quantitative estimate of drug-likeness (QED) is 0.478. The molecule has 0 atom stereocenters. The molecule has 0 spiro atoms. The molecule has 2 rings (SSSR count). The highest BCUT2D eigenvalue weighted by molar-refractivity contribution is 5.94. The fraction of sp³-hybridized carbons (Fsp3) is 0.538. The van der Waals surface area contributed by atoms with Crippen molar-refractivity contribution in [3.8, 4) is 5.88 Å². The molecule has 1 aromatic rings. The molecule has 1 aliphatic rings. The Bertz CT molecular complexity index is 367. The Morgan fingerprint density at radius 1 is 1.24 bits per heavy atom. The van der Waals surface area contributed by atoms with Crippen molar-refractivity contribution in [2.45, 2.75) is 44.6 Å². The maximum Gasteiger partial charge on any atom is 0.213 e. The predicted octanol–water partition coefficient (Wildman–Crippen LogP) is 2.47. The van der Waals surface area contributed by atoms with Gasteiger partial charge >= 0.3 is 0 Å². The summed E-state index contributed by atoms with van der Waals surface area (Å²) in [6.45, 7) is 0. The zero-order valence-corrected chi connectivity index (χ0v) is 9.98. The third kappa shape index (κ3) is 3.44. The summed E-state index contributed by atoms with van der Waals surface area (Å²) >= 11 is 0. The molecule has 17 heavy (non-hydrogen) atoms. The fourth-order valence-corrected chi connectivity index (χ4v) is 2.14. The molecule has 0 radical (unpaired) electrons. The van der Waals surface area contributed by atoms with Gasteiger partial charge in [0.15, 0.2) is 0 Å². The van der Waals surface area contributed by atoms with Crippen LogP contribution in [-0.2, 0) is 0 Å². The first kappa shape index (κ1) is 11.9. The average Bonchev–Trinajstić information content (AvgIpc) is 2.58. The summed E-state index contributed by atoms with van der Waals surface area (Å²) in [5.41, 5.74) is 6.01. The Morgan fingerprint density at radius 3 is 2.47 bits per heavy atom. The number of nitrogens with one attached hydrogen (secondary N) is 1. The van der Waals surface area contributed by atoms with E-state index in [1.165, 1.54) is 25.7 Å². The Morgan fingerprint density at radius 2 is 1.94 bits per heavy atom. The van der Waals surface area contributed by atoms with E-state index in [0.717, 1.165) is 12.8 Å². The van der Waals surface area contributed by atoms with Crippen molar-refractivity contribution in [2.24, 2.45) is 5.73 Å². The van der Waals surface area contributed by atoms with Crippen molar-refractivity contribution in [2.75, 3.05) is 0 Å². The number of nitrogen functional groups attached to an aromatic ring is 1. The lowest BCUT2D eigenvalue weighted by molar-refractivity contribution is 0.176. The van der Waals surface area contributed by atoms with Gasteiger partial charge in [0.1, 0.15) is 11.9 Å². The monoisotopic (exact) mass is 233 g/mol. The number of nitrogens with two attached hydrogens (primary N) is 1. The van der Waals surface area contributed by atoms with E-state index in [-0.39, 0.29) is 5.84 Å². The lowest BCUT2D eigenvalue weighted by Crippen LogP contribution is -2.16. The van der Waals surface area contributed by atoms with Gasteiger partial charge in [0.2, 0.25) is 5.88 Å². The molecule has 0 aliphatic heterocycles. The van der Waals surface area contributed by atoms with Crippen molar-refractivity contribution in [1.82, 2.24) is 4.98 Å². The molecule has 0 aromatic carbocycles. The van der Waals surface area contributed by atoms with Crippen LogP contribution in [-0.4, -0.2) is 16.9 Å². The van der Waals surface area contributed by atoms with Gasteiger partial charge in [-0.25, -0.2) is 4.98 Å². The fourth-order valence-electron chi connectivity index (χ4n) is 2.14. The largest absolute Gasteiger partial charge is 0.474 e. The number of aromatic nitrogens is 1. The van der Waals surface area contributed by atoms with E-state index in [2.05, 4.69) is 4.98 Å². The van der Waals surface area contributed by atoms with Crippen molar-refractivity contribution in [3.05, 3.63) is 23.9 Å². The van der Waals surface area contributed by atoms with Crippen LogP contribution >= 0.6 is 0 Å². The molecule has 0 saturated heterocycles. The maximum atomic E-state index is 7.28. The number of rotatable bonds is 3. The molecular formula is C13H19N3O. The highest BCUT2D eigenvalue weighted by atomic mass is 16.5. The highest BCUT2D eigenvalue weighted by Crippen LogP contribution is 2.21. The van der Waals surface area contributed by atoms with Crippen LogP contribution in [0.4, 0.5) is 0 Å². The van der Waals surface area contributed by atoms with Gasteiger partial charge in [-0.2, -0.15) is 0 Å². The number of hydrogen-bond donors (Lipinski definition) is 2. The van der Waals surface area contributed by atoms with E-state index >= 15 is 0 Å². The molecule has 1 fully saturated rings. The molecule has 0 unspecified atom stereocenters. The highest BCUT2D eigenvalue weighted by Gasteiger charge is 2.14. The van der Waals surface area contributed by atoms with Crippen molar-refractivity contribution in [3.63, 3.8) is 0 Å². The van der Waals surface area contributed by atoms with E-state index in [0.29, 0.717) is 17.5 Å². The van der Waals surface area contributed by atoms with E-state index in [1.54, 1.807) is 18.3 Å². The van der Waals surface area contributed by atoms with E-state index in [1.807, 2.05) is 0 Å². The average molecular weight is 233 g/mol. The Labute approximate surface area is 102 Å². The minimum absolute atomic E-state index is 0.0403. The van der Waals surface area contributed by atoms with Crippen molar-refractivity contribution < 1.29 is 4.74 Å². The smallest absolute Gasteiger partial charge is 0.213 e. The van der Waals surface area contributed by atoms with Crippen LogP contribution in [0, 0.1) is 5.41 Å². The van der Waals surface area contributed by atoms with Gasteiger partial charge < -0.3 is 10.5 Å². The molecular weight excluding hydrogens is 214 g/mol. The summed E-state index contributed by atoms with van der Waals surface area (Å²) in [7, 11) is 0. The maximum absolute atomic E-state index is 7.28. The minimum Gasteiger partial charge on any atom is -0.474 e. The zero-order valence-electron chi connectivity index (χ0n) is 9.98. The first-order chi connectivity index (χ1) is 8.25. The Hall–Kier alpha value is -1.58. The standard InChI is InChI=1S/C13H19N3O/c14-13(15)10-7-8-12(16-9-10)17-11-5-3-1-2-4-6-11/h7-9,11H,1-6H2,(H3,14,15). The van der Waals surface area contributed by atoms with Crippen LogP contribution in [0.3, 0.4) is 0 Å². The van der Waals surface area contributed by atoms with Crippen LogP contribution in [0.15, 0.2) is 18.3 Å². The van der Waals surface area contributed by atoms with Crippen LogP contribution < -0.4 is 10.5 Å². The van der Waals surface area contributed by atoms with Crippen LogP contribution in [0.1, 0.15) is 44.1 Å². The third-order valence-corrected chi connectivity index (χ3v) is 3.14. The molecule has 4 nitrogen and oxygen atoms in total. The topological polar surface area (TPSA) is 72.0 Å². The second-order valence-electron chi connectivity index (χ2n) is 4.53. The third-order valence-electron chi connectivity index (χ3n) is 3.14. The summed E-state index contributed by atoms with van der Waals surface area (Å²) in [4.78, 5) is 4.18.